The molecule has 0 radical (unpaired) electrons. The minimum Gasteiger partial charge on any atom is -0.294 e. The number of imidazole rings is 1. The van der Waals surface area contributed by atoms with Crippen molar-refractivity contribution >= 4 is 38.6 Å². The van der Waals surface area contributed by atoms with Crippen molar-refractivity contribution in [3.63, 3.8) is 0 Å². The number of para-hydroxylation sites is 1. The first-order valence-corrected chi connectivity index (χ1v) is 7.43. The van der Waals surface area contributed by atoms with Crippen LogP contribution in [-0.2, 0) is 5.88 Å². The molecular formula is C15H11BrClFN2. The van der Waals surface area contributed by atoms with Crippen LogP contribution in [0.2, 0.25) is 0 Å². The van der Waals surface area contributed by atoms with E-state index in [1.807, 2.05) is 29.7 Å². The fourth-order valence-corrected chi connectivity index (χ4v) is 2.95. The number of alkyl halides is 1. The van der Waals surface area contributed by atoms with Gasteiger partial charge >= 0.3 is 0 Å². The van der Waals surface area contributed by atoms with Crippen LogP contribution in [0.3, 0.4) is 0 Å². The Morgan fingerprint density at radius 1 is 1.30 bits per heavy atom. The third-order valence-corrected chi connectivity index (χ3v) is 4.13. The predicted molar refractivity (Wildman–Crippen MR) is 83.0 cm³/mol. The molecule has 0 amide bonds. The lowest BCUT2D eigenvalue weighted by Gasteiger charge is -2.11. The quantitative estimate of drug-likeness (QED) is 0.594. The standard InChI is InChI=1S/C15H11BrClFN2/c1-9-3-2-4-12-15(9)20(14(8-17)19-12)13-7-10(18)5-6-11(13)16/h2-7H,8H2,1H3. The predicted octanol–water partition coefficient (Wildman–Crippen LogP) is 4.97. The highest BCUT2D eigenvalue weighted by Crippen LogP contribution is 2.30. The molecule has 2 nitrogen and oxygen atoms in total. The van der Waals surface area contributed by atoms with Crippen molar-refractivity contribution in [3.8, 4) is 5.69 Å². The van der Waals surface area contributed by atoms with Crippen LogP contribution in [0.25, 0.3) is 16.7 Å². The van der Waals surface area contributed by atoms with Crippen molar-refractivity contribution in [2.45, 2.75) is 12.8 Å². The summed E-state index contributed by atoms with van der Waals surface area (Å²) in [4.78, 5) is 4.53. The molecule has 0 aliphatic carbocycles. The fourth-order valence-electron chi connectivity index (χ4n) is 2.35. The van der Waals surface area contributed by atoms with Gasteiger partial charge in [0.25, 0.3) is 0 Å². The highest BCUT2D eigenvalue weighted by atomic mass is 79.9. The number of aryl methyl sites for hydroxylation is 1. The van der Waals surface area contributed by atoms with Crippen LogP contribution in [0.4, 0.5) is 4.39 Å². The number of hydrogen-bond acceptors (Lipinski definition) is 1. The first kappa shape index (κ1) is 13.6. The van der Waals surface area contributed by atoms with Gasteiger partial charge in [0.15, 0.2) is 0 Å². The van der Waals surface area contributed by atoms with E-state index in [9.17, 15) is 4.39 Å². The summed E-state index contributed by atoms with van der Waals surface area (Å²) in [7, 11) is 0. The average Bonchev–Trinajstić information content (AvgIpc) is 2.81. The molecule has 0 saturated heterocycles. The summed E-state index contributed by atoms with van der Waals surface area (Å²) in [5, 5.41) is 0. The molecule has 0 spiro atoms. The van der Waals surface area contributed by atoms with Gasteiger partial charge in [0.05, 0.1) is 22.6 Å². The molecule has 1 aromatic heterocycles. The van der Waals surface area contributed by atoms with Crippen molar-refractivity contribution in [1.82, 2.24) is 9.55 Å². The third kappa shape index (κ3) is 2.13. The van der Waals surface area contributed by atoms with Crippen LogP contribution in [0.1, 0.15) is 11.4 Å². The Labute approximate surface area is 129 Å². The number of aromatic nitrogens is 2. The second-order valence-corrected chi connectivity index (χ2v) is 5.66. The van der Waals surface area contributed by atoms with Gasteiger partial charge in [-0.1, -0.05) is 12.1 Å². The maximum absolute atomic E-state index is 13.6. The van der Waals surface area contributed by atoms with E-state index in [1.54, 1.807) is 6.07 Å². The zero-order valence-corrected chi connectivity index (χ0v) is 13.0. The van der Waals surface area contributed by atoms with Crippen LogP contribution in [0, 0.1) is 12.7 Å². The molecule has 0 N–H and O–H groups in total. The molecule has 0 bridgehead atoms. The summed E-state index contributed by atoms with van der Waals surface area (Å²) in [5.74, 6) is 0.665. The van der Waals surface area contributed by atoms with E-state index in [1.165, 1.54) is 12.1 Å². The first-order valence-electron chi connectivity index (χ1n) is 6.10. The number of hydrogen-bond donors (Lipinski definition) is 0. The molecule has 0 aliphatic rings. The van der Waals surface area contributed by atoms with E-state index in [0.717, 1.165) is 21.1 Å². The Balaban J connectivity index is 2.42. The van der Waals surface area contributed by atoms with Gasteiger partial charge in [0.1, 0.15) is 11.6 Å². The molecule has 102 valence electrons. The number of rotatable bonds is 2. The molecular weight excluding hydrogens is 343 g/mol. The van der Waals surface area contributed by atoms with E-state index < -0.39 is 0 Å². The molecule has 1 heterocycles. The monoisotopic (exact) mass is 352 g/mol. The number of fused-ring (bicyclic) bond motifs is 1. The summed E-state index contributed by atoms with van der Waals surface area (Å²) in [6.07, 6.45) is 0. The summed E-state index contributed by atoms with van der Waals surface area (Å²) >= 11 is 9.47. The van der Waals surface area contributed by atoms with Crippen molar-refractivity contribution < 1.29 is 4.39 Å². The lowest BCUT2D eigenvalue weighted by molar-refractivity contribution is 0.626. The number of nitrogens with zero attached hydrogens (tertiary/aromatic N) is 2. The number of benzene rings is 2. The fraction of sp³-hybridized carbons (Fsp3) is 0.133. The van der Waals surface area contributed by atoms with Gasteiger partial charge in [-0.25, -0.2) is 9.37 Å². The van der Waals surface area contributed by atoms with E-state index >= 15 is 0 Å². The maximum atomic E-state index is 13.6. The van der Waals surface area contributed by atoms with Gasteiger partial charge in [-0.05, 0) is 52.7 Å². The van der Waals surface area contributed by atoms with E-state index in [2.05, 4.69) is 20.9 Å². The van der Waals surface area contributed by atoms with Gasteiger partial charge in [-0.15, -0.1) is 11.6 Å². The molecule has 3 aromatic rings. The zero-order chi connectivity index (χ0) is 14.3. The van der Waals surface area contributed by atoms with Gasteiger partial charge in [-0.3, -0.25) is 4.57 Å². The van der Waals surface area contributed by atoms with Gasteiger partial charge in [-0.2, -0.15) is 0 Å². The van der Waals surface area contributed by atoms with Crippen LogP contribution in [0.5, 0.6) is 0 Å². The molecule has 0 unspecified atom stereocenters. The highest BCUT2D eigenvalue weighted by molar-refractivity contribution is 9.10. The highest BCUT2D eigenvalue weighted by Gasteiger charge is 2.15. The van der Waals surface area contributed by atoms with Crippen LogP contribution in [0.15, 0.2) is 40.9 Å². The molecule has 0 aliphatic heterocycles. The lowest BCUT2D eigenvalue weighted by Crippen LogP contribution is -2.01. The summed E-state index contributed by atoms with van der Waals surface area (Å²) < 4.78 is 16.3. The summed E-state index contributed by atoms with van der Waals surface area (Å²) in [6, 6.07) is 10.5. The minimum absolute atomic E-state index is 0.261. The second-order valence-electron chi connectivity index (χ2n) is 4.54. The molecule has 20 heavy (non-hydrogen) atoms. The van der Waals surface area contributed by atoms with Gasteiger partial charge < -0.3 is 0 Å². The molecule has 0 saturated carbocycles. The van der Waals surface area contributed by atoms with E-state index in [0.29, 0.717) is 11.5 Å². The van der Waals surface area contributed by atoms with Crippen molar-refractivity contribution in [1.29, 1.82) is 0 Å². The van der Waals surface area contributed by atoms with Crippen molar-refractivity contribution in [3.05, 3.63) is 58.1 Å². The van der Waals surface area contributed by atoms with Gasteiger partial charge in [0.2, 0.25) is 0 Å². The van der Waals surface area contributed by atoms with Crippen molar-refractivity contribution in [2.75, 3.05) is 0 Å². The lowest BCUT2D eigenvalue weighted by atomic mass is 10.2. The Morgan fingerprint density at radius 3 is 2.85 bits per heavy atom. The molecule has 2 aromatic carbocycles. The van der Waals surface area contributed by atoms with Crippen LogP contribution < -0.4 is 0 Å². The second kappa shape index (κ2) is 5.19. The normalized spacial score (nSPS) is 11.2. The molecule has 5 heteroatoms. The summed E-state index contributed by atoms with van der Waals surface area (Å²) in [5.41, 5.74) is 3.59. The van der Waals surface area contributed by atoms with Crippen molar-refractivity contribution in [2.24, 2.45) is 0 Å². The largest absolute Gasteiger partial charge is 0.294 e. The van der Waals surface area contributed by atoms with Gasteiger partial charge in [0, 0.05) is 4.47 Å². The summed E-state index contributed by atoms with van der Waals surface area (Å²) in [6.45, 7) is 2.01. The smallest absolute Gasteiger partial charge is 0.129 e. The average molecular weight is 354 g/mol. The molecule has 0 fully saturated rings. The third-order valence-electron chi connectivity index (χ3n) is 3.22. The molecule has 3 rings (SSSR count). The first-order chi connectivity index (χ1) is 9.61. The van der Waals surface area contributed by atoms with E-state index in [-0.39, 0.29) is 11.7 Å². The Hall–Kier alpha value is -1.39. The Bertz CT molecular complexity index is 798. The molecule has 0 atom stereocenters. The maximum Gasteiger partial charge on any atom is 0.129 e. The Kier molecular flexibility index (Phi) is 3.52. The zero-order valence-electron chi connectivity index (χ0n) is 10.7. The van der Waals surface area contributed by atoms with E-state index in [4.69, 9.17) is 11.6 Å². The topological polar surface area (TPSA) is 17.8 Å². The Morgan fingerprint density at radius 2 is 2.10 bits per heavy atom. The van der Waals surface area contributed by atoms with Crippen LogP contribution in [-0.4, -0.2) is 9.55 Å². The van der Waals surface area contributed by atoms with Crippen LogP contribution >= 0.6 is 27.5 Å². The number of halogens is 3. The minimum atomic E-state index is -0.292. The SMILES string of the molecule is Cc1cccc2nc(CCl)n(-c3cc(F)ccc3Br)c12.